The van der Waals surface area contributed by atoms with E-state index in [1.165, 1.54) is 4.31 Å². The fourth-order valence-corrected chi connectivity index (χ4v) is 5.76. The van der Waals surface area contributed by atoms with Crippen molar-refractivity contribution in [1.82, 2.24) is 5.32 Å². The Labute approximate surface area is 176 Å². The smallest absolute Gasteiger partial charge is 0.320 e. The zero-order valence-electron chi connectivity index (χ0n) is 16.0. The van der Waals surface area contributed by atoms with Crippen molar-refractivity contribution in [2.45, 2.75) is 12.5 Å². The summed E-state index contributed by atoms with van der Waals surface area (Å²) >= 11 is 6.02. The first kappa shape index (κ1) is 19.8. The van der Waals surface area contributed by atoms with Crippen LogP contribution >= 0.6 is 11.6 Å². The van der Waals surface area contributed by atoms with Crippen LogP contribution in [0.2, 0.25) is 5.02 Å². The molecule has 1 N–H and O–H groups in total. The fourth-order valence-electron chi connectivity index (χ4n) is 3.71. The molecule has 0 saturated heterocycles. The van der Waals surface area contributed by atoms with Crippen molar-refractivity contribution in [1.29, 1.82) is 0 Å². The van der Waals surface area contributed by atoms with Crippen molar-refractivity contribution in [3.63, 3.8) is 0 Å². The first-order chi connectivity index (χ1) is 14.0. The van der Waals surface area contributed by atoms with E-state index in [9.17, 15) is 8.42 Å². The molecule has 29 heavy (non-hydrogen) atoms. The zero-order chi connectivity index (χ0) is 20.4. The van der Waals surface area contributed by atoms with Gasteiger partial charge >= 0.3 is 10.2 Å². The van der Waals surface area contributed by atoms with Gasteiger partial charge in [-0.1, -0.05) is 54.1 Å². The average molecular weight is 428 g/mol. The number of para-hydroxylation sites is 2. The largest absolute Gasteiger partial charge is 0.331 e. The summed E-state index contributed by atoms with van der Waals surface area (Å²) in [6.45, 7) is 0.689. The molecular weight excluding hydrogens is 406 g/mol. The van der Waals surface area contributed by atoms with Crippen molar-refractivity contribution in [3.8, 4) is 0 Å². The topological polar surface area (TPSA) is 52.6 Å². The summed E-state index contributed by atoms with van der Waals surface area (Å²) in [5.41, 5.74) is 2.83. The van der Waals surface area contributed by atoms with E-state index in [-0.39, 0.29) is 6.04 Å². The number of anilines is 3. The number of nitrogens with one attached hydrogen (secondary N) is 1. The summed E-state index contributed by atoms with van der Waals surface area (Å²) in [7, 11) is -1.97. The Morgan fingerprint density at radius 3 is 2.17 bits per heavy atom. The lowest BCUT2D eigenvalue weighted by Crippen LogP contribution is -2.39. The average Bonchev–Trinajstić information content (AvgIpc) is 2.97. The highest BCUT2D eigenvalue weighted by molar-refractivity contribution is 7.95. The molecule has 0 aliphatic carbocycles. The molecule has 3 aromatic rings. The SMILES string of the molecule is CNCCC(c1ccccc1)N1c2ccccc2N(c2ccc(Cl)cc2)S1(=O)=O. The molecule has 1 heterocycles. The van der Waals surface area contributed by atoms with Gasteiger partial charge in [0.15, 0.2) is 0 Å². The summed E-state index contributed by atoms with van der Waals surface area (Å²) in [6, 6.07) is 23.7. The highest BCUT2D eigenvalue weighted by atomic mass is 35.5. The third kappa shape index (κ3) is 3.59. The molecule has 5 nitrogen and oxygen atoms in total. The highest BCUT2D eigenvalue weighted by Gasteiger charge is 2.44. The second-order valence-corrected chi connectivity index (χ2v) is 8.94. The fraction of sp³-hybridized carbons (Fsp3) is 0.182. The third-order valence-electron chi connectivity index (χ3n) is 5.01. The molecule has 0 fully saturated rings. The van der Waals surface area contributed by atoms with E-state index in [0.29, 0.717) is 35.1 Å². The third-order valence-corrected chi connectivity index (χ3v) is 7.08. The number of halogens is 1. The number of nitrogens with zero attached hydrogens (tertiary/aromatic N) is 2. The molecule has 0 aromatic heterocycles. The molecule has 0 radical (unpaired) electrons. The van der Waals surface area contributed by atoms with E-state index in [4.69, 9.17) is 11.6 Å². The monoisotopic (exact) mass is 427 g/mol. The molecule has 4 rings (SSSR count). The van der Waals surface area contributed by atoms with Gasteiger partial charge in [-0.15, -0.1) is 0 Å². The van der Waals surface area contributed by atoms with Crippen molar-refractivity contribution in [2.75, 3.05) is 22.2 Å². The maximum Gasteiger partial charge on any atom is 0.331 e. The van der Waals surface area contributed by atoms with Gasteiger partial charge in [0, 0.05) is 5.02 Å². The Morgan fingerprint density at radius 2 is 1.52 bits per heavy atom. The molecular formula is C22H22ClN3O2S. The summed E-state index contributed by atoms with van der Waals surface area (Å²) in [6.07, 6.45) is 0.641. The van der Waals surface area contributed by atoms with E-state index in [1.54, 1.807) is 28.6 Å². The first-order valence-corrected chi connectivity index (χ1v) is 11.2. The molecule has 1 aliphatic heterocycles. The number of fused-ring (bicyclic) bond motifs is 1. The molecule has 150 valence electrons. The summed E-state index contributed by atoms with van der Waals surface area (Å²) in [5, 5.41) is 3.70. The molecule has 0 saturated carbocycles. The minimum atomic E-state index is -3.83. The first-order valence-electron chi connectivity index (χ1n) is 9.43. The molecule has 1 atom stereocenters. The summed E-state index contributed by atoms with van der Waals surface area (Å²) < 4.78 is 30.6. The summed E-state index contributed by atoms with van der Waals surface area (Å²) in [4.78, 5) is 0. The van der Waals surface area contributed by atoms with Crippen LogP contribution in [0.15, 0.2) is 78.9 Å². The van der Waals surface area contributed by atoms with Crippen LogP contribution in [0.1, 0.15) is 18.0 Å². The number of hydrogen-bond acceptors (Lipinski definition) is 3. The normalized spacial score (nSPS) is 15.9. The lowest BCUT2D eigenvalue weighted by molar-refractivity contribution is 0.565. The Balaban J connectivity index is 1.87. The van der Waals surface area contributed by atoms with Crippen molar-refractivity contribution in [2.24, 2.45) is 0 Å². The van der Waals surface area contributed by atoms with Crippen LogP contribution in [-0.2, 0) is 10.2 Å². The van der Waals surface area contributed by atoms with Gasteiger partial charge < -0.3 is 5.32 Å². The van der Waals surface area contributed by atoms with Crippen molar-refractivity contribution in [3.05, 3.63) is 89.4 Å². The predicted octanol–water partition coefficient (Wildman–Crippen LogP) is 4.89. The molecule has 3 aromatic carbocycles. The Kier molecular flexibility index (Phi) is 5.50. The van der Waals surface area contributed by atoms with Gasteiger partial charge in [0.1, 0.15) is 0 Å². The standard InChI is InChI=1S/C22H22ClN3O2S/c1-24-16-15-20(17-7-3-2-4-8-17)26-22-10-6-5-9-21(22)25(29(26,27)28)19-13-11-18(23)12-14-19/h2-14,20,24H,15-16H2,1H3. The van der Waals surface area contributed by atoms with Crippen LogP contribution < -0.4 is 13.9 Å². The Morgan fingerprint density at radius 1 is 0.897 bits per heavy atom. The molecule has 0 spiro atoms. The Hall–Kier alpha value is -2.54. The van der Waals surface area contributed by atoms with Crippen LogP contribution in [0.4, 0.5) is 17.1 Å². The van der Waals surface area contributed by atoms with Gasteiger partial charge in [0.25, 0.3) is 0 Å². The molecule has 1 aliphatic rings. The lowest BCUT2D eigenvalue weighted by Gasteiger charge is -2.30. The van der Waals surface area contributed by atoms with Gasteiger partial charge in [-0.25, -0.2) is 8.61 Å². The maximum atomic E-state index is 13.8. The number of hydrogen-bond donors (Lipinski definition) is 1. The minimum absolute atomic E-state index is 0.327. The van der Waals surface area contributed by atoms with E-state index < -0.39 is 10.2 Å². The van der Waals surface area contributed by atoms with Gasteiger partial charge in [0.05, 0.1) is 23.1 Å². The van der Waals surface area contributed by atoms with Gasteiger partial charge in [-0.05, 0) is 62.0 Å². The van der Waals surface area contributed by atoms with Crippen LogP contribution in [0, 0.1) is 0 Å². The predicted molar refractivity (Wildman–Crippen MR) is 119 cm³/mol. The minimum Gasteiger partial charge on any atom is -0.320 e. The van der Waals surface area contributed by atoms with E-state index in [1.807, 2.05) is 61.6 Å². The number of benzene rings is 3. The second-order valence-electron chi connectivity index (χ2n) is 6.85. The van der Waals surface area contributed by atoms with Crippen LogP contribution in [0.25, 0.3) is 0 Å². The molecule has 1 unspecified atom stereocenters. The van der Waals surface area contributed by atoms with E-state index >= 15 is 0 Å². The van der Waals surface area contributed by atoms with Gasteiger partial charge in [-0.3, -0.25) is 0 Å². The summed E-state index contributed by atoms with van der Waals surface area (Å²) in [5.74, 6) is 0. The molecule has 0 amide bonds. The Bertz CT molecular complexity index is 1090. The number of rotatable bonds is 6. The lowest BCUT2D eigenvalue weighted by atomic mass is 10.0. The van der Waals surface area contributed by atoms with Gasteiger partial charge in [-0.2, -0.15) is 8.42 Å². The quantitative estimate of drug-likeness (QED) is 0.609. The maximum absolute atomic E-state index is 13.8. The molecule has 7 heteroatoms. The second kappa shape index (κ2) is 8.06. The van der Waals surface area contributed by atoms with Crippen molar-refractivity contribution < 1.29 is 8.42 Å². The van der Waals surface area contributed by atoms with Crippen LogP contribution in [0.5, 0.6) is 0 Å². The van der Waals surface area contributed by atoms with Gasteiger partial charge in [0.2, 0.25) is 0 Å². The van der Waals surface area contributed by atoms with Crippen LogP contribution in [0.3, 0.4) is 0 Å². The van der Waals surface area contributed by atoms with Crippen molar-refractivity contribution >= 4 is 38.9 Å². The highest BCUT2D eigenvalue weighted by Crippen LogP contribution is 2.49. The van der Waals surface area contributed by atoms with Crippen LogP contribution in [-0.4, -0.2) is 22.0 Å². The zero-order valence-corrected chi connectivity index (χ0v) is 17.6. The molecule has 0 bridgehead atoms. The van der Waals surface area contributed by atoms with E-state index in [2.05, 4.69) is 5.32 Å². The van der Waals surface area contributed by atoms with E-state index in [0.717, 1.165) is 5.56 Å².